The smallest absolute Gasteiger partial charge is 0.207 e. The van der Waals surface area contributed by atoms with E-state index in [0.717, 1.165) is 11.6 Å². The monoisotopic (exact) mass is 257 g/mol. The molecule has 1 aromatic heterocycles. The van der Waals surface area contributed by atoms with Gasteiger partial charge in [0.05, 0.1) is 0 Å². The van der Waals surface area contributed by atoms with Crippen LogP contribution in [-0.2, 0) is 5.41 Å². The number of hydrogen-bond acceptors (Lipinski definition) is 2. The minimum Gasteiger partial charge on any atom is -0.325 e. The van der Waals surface area contributed by atoms with Gasteiger partial charge in [0, 0.05) is 24.1 Å². The molecule has 0 bridgehead atoms. The van der Waals surface area contributed by atoms with Crippen molar-refractivity contribution in [3.63, 3.8) is 0 Å². The van der Waals surface area contributed by atoms with E-state index in [1.807, 2.05) is 12.4 Å². The number of rotatable bonds is 3. The van der Waals surface area contributed by atoms with E-state index in [4.69, 9.17) is 0 Å². The normalized spacial score (nSPS) is 11.9. The Labute approximate surface area is 115 Å². The van der Waals surface area contributed by atoms with Crippen molar-refractivity contribution in [2.75, 3.05) is 5.32 Å². The average Bonchev–Trinajstić information content (AvgIpc) is 2.76. The Kier molecular flexibility index (Phi) is 3.65. The Hall–Kier alpha value is -1.77. The number of nitrogens with zero attached hydrogens (tertiary/aromatic N) is 2. The fraction of sp³-hybridized carbons (Fsp3) is 0.438. The molecule has 3 nitrogen and oxygen atoms in total. The fourth-order valence-electron chi connectivity index (χ4n) is 2.19. The Balaban J connectivity index is 2.36. The zero-order valence-corrected chi connectivity index (χ0v) is 12.4. The zero-order valence-electron chi connectivity index (χ0n) is 12.4. The van der Waals surface area contributed by atoms with Gasteiger partial charge in [-0.15, -0.1) is 0 Å². The molecule has 19 heavy (non-hydrogen) atoms. The standard InChI is InChI=1S/C16H23N3/c1-12(2)19-11-10-17-15(19)18-14-9-7-6-8-13(14)16(3,4)5/h6-12H,1-5H3,(H,17,18). The second-order valence-electron chi connectivity index (χ2n) is 6.17. The summed E-state index contributed by atoms with van der Waals surface area (Å²) in [4.78, 5) is 4.41. The molecule has 0 saturated heterocycles. The highest BCUT2D eigenvalue weighted by molar-refractivity contribution is 5.60. The predicted molar refractivity (Wildman–Crippen MR) is 81.0 cm³/mol. The van der Waals surface area contributed by atoms with Crippen LogP contribution < -0.4 is 5.32 Å². The van der Waals surface area contributed by atoms with Gasteiger partial charge in [-0.1, -0.05) is 39.0 Å². The maximum absolute atomic E-state index is 4.41. The molecular weight excluding hydrogens is 234 g/mol. The zero-order chi connectivity index (χ0) is 14.0. The molecular formula is C16H23N3. The highest BCUT2D eigenvalue weighted by Gasteiger charge is 2.18. The molecule has 102 valence electrons. The minimum atomic E-state index is 0.110. The Morgan fingerprint density at radius 3 is 2.47 bits per heavy atom. The van der Waals surface area contributed by atoms with E-state index in [2.05, 4.69) is 73.8 Å². The van der Waals surface area contributed by atoms with E-state index in [1.54, 1.807) is 0 Å². The predicted octanol–water partition coefficient (Wildman–Crippen LogP) is 4.51. The number of imidazole rings is 1. The van der Waals surface area contributed by atoms with Gasteiger partial charge in [0.25, 0.3) is 0 Å². The fourth-order valence-corrected chi connectivity index (χ4v) is 2.19. The second kappa shape index (κ2) is 5.08. The largest absolute Gasteiger partial charge is 0.325 e. The molecule has 0 amide bonds. The number of para-hydroxylation sites is 1. The van der Waals surface area contributed by atoms with Crippen molar-refractivity contribution in [1.82, 2.24) is 9.55 Å². The minimum absolute atomic E-state index is 0.110. The average molecular weight is 257 g/mol. The summed E-state index contributed by atoms with van der Waals surface area (Å²) in [6.07, 6.45) is 3.84. The van der Waals surface area contributed by atoms with Gasteiger partial charge in [0.2, 0.25) is 5.95 Å². The van der Waals surface area contributed by atoms with Crippen LogP contribution in [0.3, 0.4) is 0 Å². The highest BCUT2D eigenvalue weighted by atomic mass is 15.2. The van der Waals surface area contributed by atoms with E-state index >= 15 is 0 Å². The van der Waals surface area contributed by atoms with Crippen LogP contribution in [0.2, 0.25) is 0 Å². The van der Waals surface area contributed by atoms with Crippen molar-refractivity contribution in [2.24, 2.45) is 0 Å². The van der Waals surface area contributed by atoms with Crippen molar-refractivity contribution in [2.45, 2.75) is 46.1 Å². The van der Waals surface area contributed by atoms with E-state index in [0.29, 0.717) is 6.04 Å². The topological polar surface area (TPSA) is 29.9 Å². The molecule has 0 aliphatic carbocycles. The van der Waals surface area contributed by atoms with E-state index in [-0.39, 0.29) is 5.41 Å². The molecule has 1 heterocycles. The van der Waals surface area contributed by atoms with Gasteiger partial charge in [-0.2, -0.15) is 0 Å². The molecule has 2 aromatic rings. The van der Waals surface area contributed by atoms with Crippen molar-refractivity contribution < 1.29 is 0 Å². The lowest BCUT2D eigenvalue weighted by molar-refractivity contribution is 0.590. The first-order valence-corrected chi connectivity index (χ1v) is 6.79. The Morgan fingerprint density at radius 1 is 1.16 bits per heavy atom. The lowest BCUT2D eigenvalue weighted by Crippen LogP contribution is -2.14. The molecule has 0 aliphatic rings. The number of aromatic nitrogens is 2. The lowest BCUT2D eigenvalue weighted by atomic mass is 9.86. The lowest BCUT2D eigenvalue weighted by Gasteiger charge is -2.23. The summed E-state index contributed by atoms with van der Waals surface area (Å²) >= 11 is 0. The third kappa shape index (κ3) is 2.98. The molecule has 1 N–H and O–H groups in total. The Morgan fingerprint density at radius 2 is 1.84 bits per heavy atom. The van der Waals surface area contributed by atoms with E-state index in [9.17, 15) is 0 Å². The first kappa shape index (κ1) is 13.7. The van der Waals surface area contributed by atoms with Crippen LogP contribution in [-0.4, -0.2) is 9.55 Å². The van der Waals surface area contributed by atoms with Crippen LogP contribution in [0.15, 0.2) is 36.7 Å². The first-order valence-electron chi connectivity index (χ1n) is 6.79. The van der Waals surface area contributed by atoms with Gasteiger partial charge in [0.1, 0.15) is 0 Å². The van der Waals surface area contributed by atoms with Crippen LogP contribution in [0.4, 0.5) is 11.6 Å². The van der Waals surface area contributed by atoms with E-state index < -0.39 is 0 Å². The summed E-state index contributed by atoms with van der Waals surface area (Å²) in [5.41, 5.74) is 2.54. The molecule has 0 fully saturated rings. The number of hydrogen-bond donors (Lipinski definition) is 1. The van der Waals surface area contributed by atoms with Crippen molar-refractivity contribution in [1.29, 1.82) is 0 Å². The SMILES string of the molecule is CC(C)n1ccnc1Nc1ccccc1C(C)(C)C. The Bertz CT molecular complexity index is 547. The van der Waals surface area contributed by atoms with Gasteiger partial charge in [-0.05, 0) is 30.9 Å². The van der Waals surface area contributed by atoms with Crippen LogP contribution in [0, 0.1) is 0 Å². The van der Waals surface area contributed by atoms with Crippen molar-refractivity contribution >= 4 is 11.6 Å². The van der Waals surface area contributed by atoms with Crippen LogP contribution >= 0.6 is 0 Å². The molecule has 0 atom stereocenters. The summed E-state index contributed by atoms with van der Waals surface area (Å²) < 4.78 is 2.14. The molecule has 0 spiro atoms. The first-order chi connectivity index (χ1) is 8.89. The summed E-state index contributed by atoms with van der Waals surface area (Å²) in [6.45, 7) is 11.0. The molecule has 0 radical (unpaired) electrons. The molecule has 1 aromatic carbocycles. The molecule has 2 rings (SSSR count). The highest BCUT2D eigenvalue weighted by Crippen LogP contribution is 2.31. The molecule has 0 unspecified atom stereocenters. The number of anilines is 2. The second-order valence-corrected chi connectivity index (χ2v) is 6.17. The maximum Gasteiger partial charge on any atom is 0.207 e. The summed E-state index contributed by atoms with van der Waals surface area (Å²) in [6, 6.07) is 8.82. The summed E-state index contributed by atoms with van der Waals surface area (Å²) in [5.74, 6) is 0.895. The molecule has 0 saturated carbocycles. The summed E-state index contributed by atoms with van der Waals surface area (Å²) in [7, 11) is 0. The molecule has 3 heteroatoms. The van der Waals surface area contributed by atoms with Crippen LogP contribution in [0.5, 0.6) is 0 Å². The number of nitrogens with one attached hydrogen (secondary N) is 1. The van der Waals surface area contributed by atoms with Crippen LogP contribution in [0.25, 0.3) is 0 Å². The van der Waals surface area contributed by atoms with Gasteiger partial charge in [-0.3, -0.25) is 0 Å². The van der Waals surface area contributed by atoms with Crippen LogP contribution in [0.1, 0.15) is 46.2 Å². The third-order valence-corrected chi connectivity index (χ3v) is 3.21. The quantitative estimate of drug-likeness (QED) is 0.877. The van der Waals surface area contributed by atoms with Crippen molar-refractivity contribution in [3.8, 4) is 0 Å². The third-order valence-electron chi connectivity index (χ3n) is 3.21. The van der Waals surface area contributed by atoms with Crippen molar-refractivity contribution in [3.05, 3.63) is 42.2 Å². The summed E-state index contributed by atoms with van der Waals surface area (Å²) in [5, 5.41) is 3.46. The van der Waals surface area contributed by atoms with Gasteiger partial charge in [-0.25, -0.2) is 4.98 Å². The molecule has 0 aliphatic heterocycles. The van der Waals surface area contributed by atoms with Gasteiger partial charge in [0.15, 0.2) is 0 Å². The van der Waals surface area contributed by atoms with Gasteiger partial charge < -0.3 is 9.88 Å². The van der Waals surface area contributed by atoms with E-state index in [1.165, 1.54) is 5.56 Å². The number of benzene rings is 1. The van der Waals surface area contributed by atoms with Gasteiger partial charge >= 0.3 is 0 Å². The maximum atomic E-state index is 4.41.